The van der Waals surface area contributed by atoms with Crippen molar-refractivity contribution in [3.63, 3.8) is 0 Å². The second-order valence-electron chi connectivity index (χ2n) is 7.17. The summed E-state index contributed by atoms with van der Waals surface area (Å²) in [6, 6.07) is 7.15. The van der Waals surface area contributed by atoms with Crippen molar-refractivity contribution < 1.29 is 9.59 Å². The van der Waals surface area contributed by atoms with Gasteiger partial charge in [0.2, 0.25) is 0 Å². The van der Waals surface area contributed by atoms with Gasteiger partial charge in [0.15, 0.2) is 0 Å². The second kappa shape index (κ2) is 8.24. The summed E-state index contributed by atoms with van der Waals surface area (Å²) in [6.07, 6.45) is 4.35. The molecule has 1 atom stereocenters. The van der Waals surface area contributed by atoms with Crippen LogP contribution in [-0.4, -0.2) is 63.8 Å². The predicted molar refractivity (Wildman–Crippen MR) is 101 cm³/mol. The van der Waals surface area contributed by atoms with Gasteiger partial charge in [-0.15, -0.1) is 0 Å². The summed E-state index contributed by atoms with van der Waals surface area (Å²) in [4.78, 5) is 41.2. The van der Waals surface area contributed by atoms with Gasteiger partial charge < -0.3 is 9.80 Å². The van der Waals surface area contributed by atoms with E-state index >= 15 is 0 Å². The maximum atomic E-state index is 12.7. The lowest BCUT2D eigenvalue weighted by molar-refractivity contribution is 0.0666. The third-order valence-corrected chi connectivity index (χ3v) is 4.70. The summed E-state index contributed by atoms with van der Waals surface area (Å²) < 4.78 is 0. The molecule has 1 aliphatic rings. The van der Waals surface area contributed by atoms with Crippen molar-refractivity contribution in [3.05, 3.63) is 53.4 Å². The van der Waals surface area contributed by atoms with E-state index in [-0.39, 0.29) is 11.8 Å². The third kappa shape index (κ3) is 4.67. The number of amides is 2. The van der Waals surface area contributed by atoms with Gasteiger partial charge in [0, 0.05) is 39.1 Å². The molecule has 2 amide bonds. The van der Waals surface area contributed by atoms with Crippen LogP contribution in [-0.2, 0) is 6.42 Å². The van der Waals surface area contributed by atoms with Crippen LogP contribution in [0, 0.1) is 12.8 Å². The van der Waals surface area contributed by atoms with Crippen LogP contribution in [0.25, 0.3) is 0 Å². The van der Waals surface area contributed by atoms with E-state index in [0.717, 1.165) is 31.5 Å². The maximum absolute atomic E-state index is 12.7. The van der Waals surface area contributed by atoms with Gasteiger partial charge >= 0.3 is 0 Å². The van der Waals surface area contributed by atoms with Crippen LogP contribution in [0.15, 0.2) is 30.5 Å². The molecule has 2 aromatic heterocycles. The van der Waals surface area contributed by atoms with Gasteiger partial charge in [0.05, 0.1) is 0 Å². The molecule has 3 heterocycles. The average Bonchev–Trinajstić information content (AvgIpc) is 2.67. The van der Waals surface area contributed by atoms with Gasteiger partial charge in [0.1, 0.15) is 17.2 Å². The second-order valence-corrected chi connectivity index (χ2v) is 7.17. The molecular formula is C20H25N5O2. The summed E-state index contributed by atoms with van der Waals surface area (Å²) >= 11 is 0. The number of aryl methyl sites for hydroxylation is 1. The first kappa shape index (κ1) is 18.9. The summed E-state index contributed by atoms with van der Waals surface area (Å²) in [5.74, 6) is 0.748. The fourth-order valence-electron chi connectivity index (χ4n) is 3.44. The largest absolute Gasteiger partial charge is 0.343 e. The number of piperidine rings is 1. The lowest BCUT2D eigenvalue weighted by Crippen LogP contribution is -2.41. The van der Waals surface area contributed by atoms with Gasteiger partial charge in [-0.3, -0.25) is 14.6 Å². The number of carbonyl (C=O) groups is 2. The highest BCUT2D eigenvalue weighted by Gasteiger charge is 2.26. The Balaban J connectivity index is 1.71. The van der Waals surface area contributed by atoms with Gasteiger partial charge in [-0.1, -0.05) is 6.07 Å². The third-order valence-electron chi connectivity index (χ3n) is 4.70. The van der Waals surface area contributed by atoms with Crippen molar-refractivity contribution in [2.24, 2.45) is 5.92 Å². The number of nitrogens with zero attached hydrogens (tertiary/aromatic N) is 5. The smallest absolute Gasteiger partial charge is 0.272 e. The van der Waals surface area contributed by atoms with Gasteiger partial charge in [0.25, 0.3) is 11.8 Å². The first-order valence-corrected chi connectivity index (χ1v) is 9.20. The molecule has 1 aliphatic heterocycles. The molecule has 142 valence electrons. The Hall–Kier alpha value is -2.83. The Morgan fingerprint density at radius 2 is 2.04 bits per heavy atom. The Labute approximate surface area is 159 Å². The normalized spacial score (nSPS) is 16.9. The van der Waals surface area contributed by atoms with E-state index in [1.807, 2.05) is 11.0 Å². The Kier molecular flexibility index (Phi) is 5.78. The van der Waals surface area contributed by atoms with Gasteiger partial charge in [-0.2, -0.15) is 0 Å². The number of carbonyl (C=O) groups excluding carboxylic acids is 2. The molecule has 0 bridgehead atoms. The summed E-state index contributed by atoms with van der Waals surface area (Å²) in [5.41, 5.74) is 1.75. The first-order valence-electron chi connectivity index (χ1n) is 9.20. The van der Waals surface area contributed by atoms with Crippen LogP contribution in [0.2, 0.25) is 0 Å². The fourth-order valence-corrected chi connectivity index (χ4v) is 3.44. The van der Waals surface area contributed by atoms with E-state index in [1.54, 1.807) is 45.4 Å². The molecule has 0 N–H and O–H groups in total. The van der Waals surface area contributed by atoms with E-state index in [1.165, 1.54) is 4.90 Å². The van der Waals surface area contributed by atoms with E-state index in [9.17, 15) is 9.59 Å². The van der Waals surface area contributed by atoms with E-state index in [4.69, 9.17) is 0 Å². The number of hydrogen-bond donors (Lipinski definition) is 0. The highest BCUT2D eigenvalue weighted by atomic mass is 16.2. The van der Waals surface area contributed by atoms with Crippen molar-refractivity contribution in [1.82, 2.24) is 24.8 Å². The molecule has 0 aliphatic carbocycles. The predicted octanol–water partition coefficient (Wildman–Crippen LogP) is 1.98. The van der Waals surface area contributed by atoms with Crippen LogP contribution < -0.4 is 0 Å². The van der Waals surface area contributed by atoms with Crippen LogP contribution in [0.3, 0.4) is 0 Å². The maximum Gasteiger partial charge on any atom is 0.272 e. The average molecular weight is 367 g/mol. The lowest BCUT2D eigenvalue weighted by Gasteiger charge is -2.32. The zero-order valence-electron chi connectivity index (χ0n) is 16.1. The highest BCUT2D eigenvalue weighted by Crippen LogP contribution is 2.22. The Morgan fingerprint density at radius 3 is 2.74 bits per heavy atom. The molecule has 0 saturated carbocycles. The van der Waals surface area contributed by atoms with Crippen LogP contribution in [0.1, 0.15) is 45.3 Å². The Bertz CT molecular complexity index is 822. The molecule has 7 heteroatoms. The zero-order valence-corrected chi connectivity index (χ0v) is 16.1. The topological polar surface area (TPSA) is 79.3 Å². The molecule has 3 rings (SSSR count). The standard InChI is InChI=1S/C20H25N5O2/c1-14-22-16(12-18(23-14)19(26)24(2)3)11-15-7-6-10-25(13-15)20(27)17-8-4-5-9-21-17/h4-5,8-9,12,15H,6-7,10-11,13H2,1-3H3. The molecule has 0 spiro atoms. The SMILES string of the molecule is Cc1nc(CC2CCCN(C(=O)c3ccccn3)C2)cc(C(=O)N(C)C)n1. The highest BCUT2D eigenvalue weighted by molar-refractivity contribution is 5.92. The van der Waals surface area contributed by atoms with Crippen molar-refractivity contribution >= 4 is 11.8 Å². The molecular weight excluding hydrogens is 342 g/mol. The molecule has 0 radical (unpaired) electrons. The van der Waals surface area contributed by atoms with Crippen molar-refractivity contribution in [2.75, 3.05) is 27.2 Å². The molecule has 27 heavy (non-hydrogen) atoms. The van der Waals surface area contributed by atoms with Crippen LogP contribution >= 0.6 is 0 Å². The van der Waals surface area contributed by atoms with Crippen molar-refractivity contribution in [3.8, 4) is 0 Å². The summed E-state index contributed by atoms with van der Waals surface area (Å²) in [6.45, 7) is 3.22. The molecule has 7 nitrogen and oxygen atoms in total. The minimum atomic E-state index is -0.127. The molecule has 1 saturated heterocycles. The summed E-state index contributed by atoms with van der Waals surface area (Å²) in [5, 5.41) is 0. The van der Waals surface area contributed by atoms with E-state index in [2.05, 4.69) is 15.0 Å². The van der Waals surface area contributed by atoms with Crippen molar-refractivity contribution in [1.29, 1.82) is 0 Å². The number of hydrogen-bond acceptors (Lipinski definition) is 5. The number of aromatic nitrogens is 3. The molecule has 0 aromatic carbocycles. The lowest BCUT2D eigenvalue weighted by atomic mass is 9.93. The fraction of sp³-hybridized carbons (Fsp3) is 0.450. The first-order chi connectivity index (χ1) is 12.9. The van der Waals surface area contributed by atoms with E-state index in [0.29, 0.717) is 29.7 Å². The monoisotopic (exact) mass is 367 g/mol. The van der Waals surface area contributed by atoms with Crippen molar-refractivity contribution in [2.45, 2.75) is 26.2 Å². The molecule has 1 unspecified atom stereocenters. The van der Waals surface area contributed by atoms with Crippen LogP contribution in [0.4, 0.5) is 0 Å². The quantitative estimate of drug-likeness (QED) is 0.825. The molecule has 2 aromatic rings. The minimum absolute atomic E-state index is 0.0253. The van der Waals surface area contributed by atoms with Gasteiger partial charge in [-0.05, 0) is 50.3 Å². The van der Waals surface area contributed by atoms with Gasteiger partial charge in [-0.25, -0.2) is 9.97 Å². The summed E-state index contributed by atoms with van der Waals surface area (Å²) in [7, 11) is 3.42. The number of likely N-dealkylation sites (tertiary alicyclic amines) is 1. The Morgan fingerprint density at radius 1 is 1.22 bits per heavy atom. The zero-order chi connectivity index (χ0) is 19.4. The van der Waals surface area contributed by atoms with E-state index < -0.39 is 0 Å². The minimum Gasteiger partial charge on any atom is -0.343 e. The molecule has 1 fully saturated rings. The van der Waals surface area contributed by atoms with Crippen LogP contribution in [0.5, 0.6) is 0 Å². The number of rotatable bonds is 4. The number of pyridine rings is 1.